The zero-order chi connectivity index (χ0) is 17.6. The molecule has 0 aromatic heterocycles. The van der Waals surface area contributed by atoms with E-state index in [1.807, 2.05) is 42.5 Å². The van der Waals surface area contributed by atoms with Crippen molar-refractivity contribution in [1.82, 2.24) is 5.43 Å². The third-order valence-electron chi connectivity index (χ3n) is 3.47. The molecule has 0 radical (unpaired) electrons. The zero-order valence-electron chi connectivity index (χ0n) is 13.4. The van der Waals surface area contributed by atoms with Gasteiger partial charge in [-0.2, -0.15) is 5.10 Å². The molecule has 0 spiro atoms. The Morgan fingerprint density at radius 3 is 2.84 bits per heavy atom. The molecular weight excluding hydrogens is 340 g/mol. The lowest BCUT2D eigenvalue weighted by Crippen LogP contribution is -2.21. The Labute approximate surface area is 149 Å². The maximum atomic E-state index is 11.1. The summed E-state index contributed by atoms with van der Waals surface area (Å²) in [5, 5.41) is 4.43. The number of esters is 1. The van der Waals surface area contributed by atoms with Crippen LogP contribution in [0.15, 0.2) is 63.6 Å². The number of amidine groups is 1. The molecule has 1 aliphatic rings. The van der Waals surface area contributed by atoms with E-state index in [1.165, 1.54) is 7.11 Å². The second-order valence-corrected chi connectivity index (χ2v) is 5.58. The number of hydrogen-bond donors (Lipinski definition) is 1. The van der Waals surface area contributed by atoms with Crippen LogP contribution in [0.25, 0.3) is 0 Å². The molecule has 0 saturated carbocycles. The highest BCUT2D eigenvalue weighted by Crippen LogP contribution is 2.28. The van der Waals surface area contributed by atoms with Gasteiger partial charge in [0.15, 0.2) is 0 Å². The lowest BCUT2D eigenvalue weighted by molar-refractivity contribution is -0.132. The molecular formula is C18H15ClN4O2. The molecule has 0 fully saturated rings. The van der Waals surface area contributed by atoms with Crippen LogP contribution in [-0.2, 0) is 9.53 Å². The topological polar surface area (TPSA) is 75.4 Å². The number of rotatable bonds is 3. The molecule has 6 nitrogen and oxygen atoms in total. The third kappa shape index (κ3) is 4.10. The Balaban J connectivity index is 1.97. The number of nitrogens with one attached hydrogen (secondary N) is 1. The highest BCUT2D eigenvalue weighted by atomic mass is 35.5. The lowest BCUT2D eigenvalue weighted by atomic mass is 10.0. The number of halogens is 1. The Hall–Kier alpha value is -2.99. The van der Waals surface area contributed by atoms with Crippen LogP contribution in [-0.4, -0.2) is 37.4 Å². The molecule has 7 heteroatoms. The van der Waals surface area contributed by atoms with Crippen molar-refractivity contribution in [1.29, 1.82) is 0 Å². The van der Waals surface area contributed by atoms with Gasteiger partial charge in [-0.3, -0.25) is 10.4 Å². The summed E-state index contributed by atoms with van der Waals surface area (Å²) in [6, 6.07) is 15.3. The van der Waals surface area contributed by atoms with Gasteiger partial charge in [-0.1, -0.05) is 41.9 Å². The van der Waals surface area contributed by atoms with Crippen molar-refractivity contribution >= 4 is 41.0 Å². The van der Waals surface area contributed by atoms with E-state index in [-0.39, 0.29) is 6.54 Å². The Bertz CT molecular complexity index is 876. The zero-order valence-corrected chi connectivity index (χ0v) is 14.2. The second kappa shape index (κ2) is 7.72. The number of carbonyl (C=O) groups excluding carboxylic acids is 1. The minimum absolute atomic E-state index is 0.287. The van der Waals surface area contributed by atoms with Crippen LogP contribution in [0.3, 0.4) is 0 Å². The number of nitrogens with zero attached hydrogens (tertiary/aromatic N) is 3. The van der Waals surface area contributed by atoms with E-state index in [0.29, 0.717) is 10.9 Å². The van der Waals surface area contributed by atoms with Crippen LogP contribution < -0.4 is 5.43 Å². The quantitative estimate of drug-likeness (QED) is 0.523. The van der Waals surface area contributed by atoms with E-state index in [4.69, 9.17) is 11.6 Å². The number of carbonyl (C=O) groups is 1. The van der Waals surface area contributed by atoms with Crippen molar-refractivity contribution in [2.24, 2.45) is 15.1 Å². The van der Waals surface area contributed by atoms with Crippen molar-refractivity contribution in [3.8, 4) is 0 Å². The van der Waals surface area contributed by atoms with Crippen LogP contribution in [0.1, 0.15) is 11.1 Å². The largest absolute Gasteiger partial charge is 0.465 e. The fourth-order valence-corrected chi connectivity index (χ4v) is 2.50. The summed E-state index contributed by atoms with van der Waals surface area (Å²) in [5.74, 6) is -0.0444. The standard InChI is InChI=1S/C18H15ClN4O2/c1-25-17(24)11-21-23-16-10-20-18(12-5-3-2-4-6-12)14-9-13(19)7-8-15(14)22-16/h2-9,11H,10H2,1H3,(H,22,23)/b21-11-. The number of hydrogen-bond acceptors (Lipinski definition) is 6. The molecule has 0 unspecified atom stereocenters. The Morgan fingerprint density at radius 2 is 2.08 bits per heavy atom. The predicted molar refractivity (Wildman–Crippen MR) is 99.1 cm³/mol. The monoisotopic (exact) mass is 354 g/mol. The number of hydrazone groups is 1. The molecule has 0 aliphatic carbocycles. The normalized spacial score (nSPS) is 13.5. The van der Waals surface area contributed by atoms with Crippen molar-refractivity contribution in [3.63, 3.8) is 0 Å². The van der Waals surface area contributed by atoms with Crippen LogP contribution in [0.2, 0.25) is 5.02 Å². The number of fused-ring (bicyclic) bond motifs is 1. The predicted octanol–water partition coefficient (Wildman–Crippen LogP) is 2.97. The van der Waals surface area contributed by atoms with Gasteiger partial charge in [-0.15, -0.1) is 0 Å². The first-order chi connectivity index (χ1) is 12.2. The van der Waals surface area contributed by atoms with Crippen molar-refractivity contribution < 1.29 is 9.53 Å². The first-order valence-electron chi connectivity index (χ1n) is 7.52. The smallest absolute Gasteiger partial charge is 0.350 e. The molecule has 0 bridgehead atoms. The first kappa shape index (κ1) is 16.9. The highest BCUT2D eigenvalue weighted by molar-refractivity contribution is 6.31. The fraction of sp³-hybridized carbons (Fsp3) is 0.111. The second-order valence-electron chi connectivity index (χ2n) is 5.14. The molecule has 1 aliphatic heterocycles. The van der Waals surface area contributed by atoms with Gasteiger partial charge in [0.05, 0.1) is 25.1 Å². The molecule has 0 amide bonds. The maximum absolute atomic E-state index is 11.1. The van der Waals surface area contributed by atoms with E-state index in [1.54, 1.807) is 6.07 Å². The molecule has 1 heterocycles. The number of benzene rings is 2. The van der Waals surface area contributed by atoms with Gasteiger partial charge in [0.1, 0.15) is 12.1 Å². The van der Waals surface area contributed by atoms with E-state index in [2.05, 4.69) is 25.2 Å². The summed E-state index contributed by atoms with van der Waals surface area (Å²) in [7, 11) is 1.29. The fourth-order valence-electron chi connectivity index (χ4n) is 2.33. The number of methoxy groups -OCH3 is 1. The van der Waals surface area contributed by atoms with Crippen molar-refractivity contribution in [2.75, 3.05) is 13.7 Å². The van der Waals surface area contributed by atoms with Gasteiger partial charge in [-0.25, -0.2) is 9.79 Å². The summed E-state index contributed by atoms with van der Waals surface area (Å²) >= 11 is 6.16. The van der Waals surface area contributed by atoms with Crippen LogP contribution in [0.4, 0.5) is 5.69 Å². The minimum atomic E-state index is -0.553. The maximum Gasteiger partial charge on any atom is 0.350 e. The van der Waals surface area contributed by atoms with Crippen molar-refractivity contribution in [3.05, 3.63) is 64.7 Å². The summed E-state index contributed by atoms with van der Waals surface area (Å²) in [6.07, 6.45) is 1.04. The van der Waals surface area contributed by atoms with Gasteiger partial charge in [0.25, 0.3) is 0 Å². The lowest BCUT2D eigenvalue weighted by Gasteiger charge is -2.08. The first-order valence-corrected chi connectivity index (χ1v) is 7.89. The molecule has 3 rings (SSSR count). The number of aliphatic imine (C=N–C) groups is 2. The third-order valence-corrected chi connectivity index (χ3v) is 3.70. The number of ether oxygens (including phenoxy) is 1. The van der Waals surface area contributed by atoms with Crippen LogP contribution in [0, 0.1) is 0 Å². The molecule has 1 N–H and O–H groups in total. The van der Waals surface area contributed by atoms with E-state index >= 15 is 0 Å². The molecule has 25 heavy (non-hydrogen) atoms. The average molecular weight is 355 g/mol. The van der Waals surface area contributed by atoms with E-state index in [9.17, 15) is 4.79 Å². The summed E-state index contributed by atoms with van der Waals surface area (Å²) < 4.78 is 4.50. The minimum Gasteiger partial charge on any atom is -0.465 e. The van der Waals surface area contributed by atoms with Crippen molar-refractivity contribution in [2.45, 2.75) is 0 Å². The molecule has 2 aromatic carbocycles. The van der Waals surface area contributed by atoms with Gasteiger partial charge in [-0.05, 0) is 18.2 Å². The molecule has 126 valence electrons. The van der Waals surface area contributed by atoms with Crippen LogP contribution in [0.5, 0.6) is 0 Å². The molecule has 0 saturated heterocycles. The highest BCUT2D eigenvalue weighted by Gasteiger charge is 2.16. The summed E-state index contributed by atoms with van der Waals surface area (Å²) in [4.78, 5) is 20.3. The van der Waals surface area contributed by atoms with Gasteiger partial charge < -0.3 is 4.74 Å². The SMILES string of the molecule is COC(=O)/C=N\NC1=Nc2ccc(Cl)cc2C(c2ccccc2)=NC1. The molecule has 0 atom stereocenters. The Kier molecular flexibility index (Phi) is 5.20. The summed E-state index contributed by atoms with van der Waals surface area (Å²) in [5.41, 5.74) is 6.07. The molecule has 2 aromatic rings. The van der Waals surface area contributed by atoms with Crippen LogP contribution >= 0.6 is 11.6 Å². The Morgan fingerprint density at radius 1 is 1.28 bits per heavy atom. The average Bonchev–Trinajstić information content (AvgIpc) is 2.81. The van der Waals surface area contributed by atoms with Gasteiger partial charge in [0.2, 0.25) is 0 Å². The van der Waals surface area contributed by atoms with E-state index < -0.39 is 5.97 Å². The van der Waals surface area contributed by atoms with Gasteiger partial charge in [0, 0.05) is 16.1 Å². The van der Waals surface area contributed by atoms with Gasteiger partial charge >= 0.3 is 5.97 Å². The summed E-state index contributed by atoms with van der Waals surface area (Å²) in [6.45, 7) is 0.287. The van der Waals surface area contributed by atoms with E-state index in [0.717, 1.165) is 28.7 Å².